The molecule has 0 aromatic carbocycles. The van der Waals surface area contributed by atoms with Gasteiger partial charge in [0.15, 0.2) is 0 Å². The second-order valence-electron chi connectivity index (χ2n) is 5.33. The first kappa shape index (κ1) is 18.9. The lowest BCUT2D eigenvalue weighted by atomic mass is 10.0. The van der Waals surface area contributed by atoms with Crippen LogP contribution in [0, 0.1) is 5.92 Å². The molecule has 0 aliphatic heterocycles. The summed E-state index contributed by atoms with van der Waals surface area (Å²) in [4.78, 5) is 22.3. The maximum absolute atomic E-state index is 11.6. The third kappa shape index (κ3) is 9.77. The van der Waals surface area contributed by atoms with Crippen LogP contribution in [0.15, 0.2) is 0 Å². The van der Waals surface area contributed by atoms with E-state index in [0.717, 1.165) is 12.8 Å². The summed E-state index contributed by atoms with van der Waals surface area (Å²) in [5.41, 5.74) is 0. The zero-order valence-corrected chi connectivity index (χ0v) is 13.5. The molecule has 0 aromatic rings. The number of carbonyl (C=O) groups excluding carboxylic acids is 1. The summed E-state index contributed by atoms with van der Waals surface area (Å²) >= 11 is 0. The van der Waals surface area contributed by atoms with Crippen molar-refractivity contribution in [1.29, 1.82) is 0 Å². The van der Waals surface area contributed by atoms with Gasteiger partial charge in [-0.1, -0.05) is 13.3 Å². The van der Waals surface area contributed by atoms with Crippen LogP contribution < -0.4 is 10.6 Å². The molecular weight excluding hydrogens is 280 g/mol. The zero-order chi connectivity index (χ0) is 15.7. The molecule has 6 nitrogen and oxygen atoms in total. The van der Waals surface area contributed by atoms with Gasteiger partial charge in [0.25, 0.3) is 0 Å². The van der Waals surface area contributed by atoms with Crippen molar-refractivity contribution in [2.75, 3.05) is 12.0 Å². The highest BCUT2D eigenvalue weighted by Crippen LogP contribution is 2.09. The molecule has 4 atom stereocenters. The standard InChI is InChI=1S/C13H26N2O4S/c1-9(12(16)17)6-5-7-10(2)14-13(18)15-11(3)8-20(4)19/h9-11H,5-8H2,1-4H3,(H,16,17)(H2,14,15,18). The predicted octanol–water partition coefficient (Wildman–Crippen LogP) is 1.33. The van der Waals surface area contributed by atoms with Crippen LogP contribution in [0.4, 0.5) is 4.79 Å². The van der Waals surface area contributed by atoms with Crippen LogP contribution in [0.3, 0.4) is 0 Å². The van der Waals surface area contributed by atoms with Crippen LogP contribution in [0.1, 0.15) is 40.0 Å². The molecular formula is C13H26N2O4S. The second kappa shape index (κ2) is 9.74. The Balaban J connectivity index is 3.85. The first-order valence-corrected chi connectivity index (χ1v) is 8.55. The highest BCUT2D eigenvalue weighted by molar-refractivity contribution is 7.84. The monoisotopic (exact) mass is 306 g/mol. The molecule has 0 rings (SSSR count). The maximum atomic E-state index is 11.6. The lowest BCUT2D eigenvalue weighted by molar-refractivity contribution is -0.141. The average molecular weight is 306 g/mol. The molecule has 3 N–H and O–H groups in total. The summed E-state index contributed by atoms with van der Waals surface area (Å²) in [6, 6.07) is -0.433. The molecule has 2 amide bonds. The topological polar surface area (TPSA) is 95.5 Å². The summed E-state index contributed by atoms with van der Waals surface area (Å²) in [5, 5.41) is 14.3. The molecule has 0 spiro atoms. The van der Waals surface area contributed by atoms with E-state index in [9.17, 15) is 13.8 Å². The van der Waals surface area contributed by atoms with Crippen molar-refractivity contribution in [2.24, 2.45) is 5.92 Å². The smallest absolute Gasteiger partial charge is 0.315 e. The fraction of sp³-hybridized carbons (Fsp3) is 0.846. The van der Waals surface area contributed by atoms with Crippen LogP contribution in [0.25, 0.3) is 0 Å². The van der Waals surface area contributed by atoms with Gasteiger partial charge < -0.3 is 15.7 Å². The fourth-order valence-corrected chi connectivity index (χ4v) is 2.60. The first-order chi connectivity index (χ1) is 9.22. The minimum absolute atomic E-state index is 0.0182. The van der Waals surface area contributed by atoms with Crippen molar-refractivity contribution in [1.82, 2.24) is 10.6 Å². The number of carboxylic acid groups (broad SMARTS) is 1. The van der Waals surface area contributed by atoms with E-state index in [2.05, 4.69) is 10.6 Å². The largest absolute Gasteiger partial charge is 0.481 e. The summed E-state index contributed by atoms with van der Waals surface area (Å²) < 4.78 is 11.0. The van der Waals surface area contributed by atoms with Gasteiger partial charge in [0, 0.05) is 34.9 Å². The van der Waals surface area contributed by atoms with Gasteiger partial charge in [-0.2, -0.15) is 0 Å². The van der Waals surface area contributed by atoms with Crippen LogP contribution in [-0.2, 0) is 15.6 Å². The van der Waals surface area contributed by atoms with Crippen molar-refractivity contribution >= 4 is 22.8 Å². The summed E-state index contributed by atoms with van der Waals surface area (Å²) in [5.74, 6) is -0.710. The Hall–Kier alpha value is -1.11. The van der Waals surface area contributed by atoms with E-state index >= 15 is 0 Å². The molecule has 0 aliphatic rings. The number of carboxylic acids is 1. The Morgan fingerprint density at radius 2 is 1.65 bits per heavy atom. The number of rotatable bonds is 9. The van der Waals surface area contributed by atoms with Gasteiger partial charge in [-0.15, -0.1) is 0 Å². The first-order valence-electron chi connectivity index (χ1n) is 6.82. The molecule has 118 valence electrons. The molecule has 0 saturated heterocycles. The van der Waals surface area contributed by atoms with E-state index in [-0.39, 0.29) is 24.0 Å². The van der Waals surface area contributed by atoms with Gasteiger partial charge in [0.1, 0.15) is 0 Å². The van der Waals surface area contributed by atoms with Crippen LogP contribution in [-0.4, -0.2) is 45.4 Å². The van der Waals surface area contributed by atoms with Gasteiger partial charge in [0.2, 0.25) is 0 Å². The predicted molar refractivity (Wildman–Crippen MR) is 80.2 cm³/mol. The van der Waals surface area contributed by atoms with Crippen LogP contribution in [0.5, 0.6) is 0 Å². The molecule has 7 heteroatoms. The normalized spacial score (nSPS) is 16.8. The SMILES string of the molecule is CC(CCCC(C)C(=O)O)NC(=O)NC(C)CS(C)=O. The van der Waals surface area contributed by atoms with Crippen molar-refractivity contribution in [2.45, 2.75) is 52.1 Å². The van der Waals surface area contributed by atoms with Crippen molar-refractivity contribution < 1.29 is 18.9 Å². The van der Waals surface area contributed by atoms with Crippen LogP contribution >= 0.6 is 0 Å². The van der Waals surface area contributed by atoms with Crippen molar-refractivity contribution in [3.8, 4) is 0 Å². The highest BCUT2D eigenvalue weighted by atomic mass is 32.2. The molecule has 0 saturated carbocycles. The minimum atomic E-state index is -0.938. The van der Waals surface area contributed by atoms with Gasteiger partial charge >= 0.3 is 12.0 Å². The van der Waals surface area contributed by atoms with Crippen LogP contribution in [0.2, 0.25) is 0 Å². The minimum Gasteiger partial charge on any atom is -0.481 e. The Kier molecular flexibility index (Phi) is 9.20. The summed E-state index contributed by atoms with van der Waals surface area (Å²) in [6.07, 6.45) is 3.69. The number of hydrogen-bond acceptors (Lipinski definition) is 3. The van der Waals surface area contributed by atoms with Gasteiger partial charge in [-0.05, 0) is 26.7 Å². The molecule has 0 radical (unpaired) electrons. The number of aliphatic carboxylic acids is 1. The molecule has 0 aliphatic carbocycles. The molecule has 20 heavy (non-hydrogen) atoms. The van der Waals surface area contributed by atoms with E-state index in [1.54, 1.807) is 20.1 Å². The molecule has 0 heterocycles. The number of nitrogens with one attached hydrogen (secondary N) is 2. The number of amides is 2. The third-order valence-corrected chi connectivity index (χ3v) is 3.90. The number of hydrogen-bond donors (Lipinski definition) is 3. The van der Waals surface area contributed by atoms with E-state index < -0.39 is 16.8 Å². The summed E-state index contributed by atoms with van der Waals surface area (Å²) in [6.45, 7) is 5.37. The third-order valence-electron chi connectivity index (χ3n) is 2.94. The Labute approximate surface area is 123 Å². The maximum Gasteiger partial charge on any atom is 0.315 e. The lowest BCUT2D eigenvalue weighted by Crippen LogP contribution is -2.46. The number of urea groups is 1. The zero-order valence-electron chi connectivity index (χ0n) is 12.6. The Bertz CT molecular complexity index is 349. The van der Waals surface area contributed by atoms with E-state index in [0.29, 0.717) is 12.2 Å². The second-order valence-corrected chi connectivity index (χ2v) is 6.81. The molecule has 0 fully saturated rings. The molecule has 0 bridgehead atoms. The molecule has 0 aromatic heterocycles. The van der Waals surface area contributed by atoms with Gasteiger partial charge in [-0.3, -0.25) is 9.00 Å². The van der Waals surface area contributed by atoms with Gasteiger partial charge in [-0.25, -0.2) is 4.79 Å². The van der Waals surface area contributed by atoms with Crippen molar-refractivity contribution in [3.63, 3.8) is 0 Å². The Morgan fingerprint density at radius 1 is 1.10 bits per heavy atom. The fourth-order valence-electron chi connectivity index (χ4n) is 1.81. The van der Waals surface area contributed by atoms with Crippen molar-refractivity contribution in [3.05, 3.63) is 0 Å². The van der Waals surface area contributed by atoms with E-state index in [1.165, 1.54) is 0 Å². The quantitative estimate of drug-likeness (QED) is 0.599. The number of carbonyl (C=O) groups is 2. The molecule has 4 unspecified atom stereocenters. The lowest BCUT2D eigenvalue weighted by Gasteiger charge is -2.18. The highest BCUT2D eigenvalue weighted by Gasteiger charge is 2.13. The van der Waals surface area contributed by atoms with E-state index in [4.69, 9.17) is 5.11 Å². The summed E-state index contributed by atoms with van der Waals surface area (Å²) in [7, 11) is -0.938. The van der Waals surface area contributed by atoms with E-state index in [1.807, 2.05) is 6.92 Å². The average Bonchev–Trinajstić information content (AvgIpc) is 2.26. The Morgan fingerprint density at radius 3 is 2.15 bits per heavy atom. The van der Waals surface area contributed by atoms with Gasteiger partial charge in [0.05, 0.1) is 5.92 Å².